The van der Waals surface area contributed by atoms with Gasteiger partial charge < -0.3 is 9.47 Å². The Morgan fingerprint density at radius 1 is 1.43 bits per heavy atom. The van der Waals surface area contributed by atoms with Gasteiger partial charge in [-0.15, -0.1) is 11.3 Å². The summed E-state index contributed by atoms with van der Waals surface area (Å²) >= 11 is 1.26. The standard InChI is InChI=1S/C7H9NO4S2/c8-14(9,10)5-1-4-13-6(5)7-11-2-3-12-7/h1,4,7H,2-3H2,(H2,8,9,10). The fourth-order valence-corrected chi connectivity index (χ4v) is 3.22. The van der Waals surface area contributed by atoms with E-state index in [4.69, 9.17) is 14.6 Å². The van der Waals surface area contributed by atoms with Crippen LogP contribution in [-0.4, -0.2) is 21.6 Å². The van der Waals surface area contributed by atoms with Crippen molar-refractivity contribution in [2.45, 2.75) is 11.2 Å². The van der Waals surface area contributed by atoms with E-state index >= 15 is 0 Å². The van der Waals surface area contributed by atoms with Gasteiger partial charge in [0.15, 0.2) is 6.29 Å². The maximum absolute atomic E-state index is 11.1. The van der Waals surface area contributed by atoms with Crippen molar-refractivity contribution >= 4 is 21.4 Å². The molecular weight excluding hydrogens is 226 g/mol. The highest BCUT2D eigenvalue weighted by Gasteiger charge is 2.26. The molecule has 7 heteroatoms. The van der Waals surface area contributed by atoms with E-state index in [-0.39, 0.29) is 4.90 Å². The predicted octanol–water partition coefficient (Wildman–Crippen LogP) is 0.441. The first kappa shape index (κ1) is 10.1. The number of nitrogens with two attached hydrogens (primary N) is 1. The molecule has 2 N–H and O–H groups in total. The molecule has 1 fully saturated rings. The summed E-state index contributed by atoms with van der Waals surface area (Å²) in [6, 6.07) is 1.46. The van der Waals surface area contributed by atoms with Crippen LogP contribution in [0.3, 0.4) is 0 Å². The van der Waals surface area contributed by atoms with E-state index in [1.165, 1.54) is 17.4 Å². The molecule has 2 heterocycles. The quantitative estimate of drug-likeness (QED) is 0.806. The zero-order chi connectivity index (χ0) is 10.2. The molecule has 0 aliphatic carbocycles. The molecule has 0 unspecified atom stereocenters. The first-order chi connectivity index (χ1) is 6.59. The van der Waals surface area contributed by atoms with Gasteiger partial charge >= 0.3 is 0 Å². The third kappa shape index (κ3) is 1.82. The smallest absolute Gasteiger partial charge is 0.239 e. The van der Waals surface area contributed by atoms with Crippen molar-refractivity contribution in [1.29, 1.82) is 0 Å². The minimum Gasteiger partial charge on any atom is -0.345 e. The van der Waals surface area contributed by atoms with Gasteiger partial charge in [0, 0.05) is 0 Å². The fraction of sp³-hybridized carbons (Fsp3) is 0.429. The zero-order valence-corrected chi connectivity index (χ0v) is 8.81. The minimum atomic E-state index is -3.68. The maximum Gasteiger partial charge on any atom is 0.239 e. The highest BCUT2D eigenvalue weighted by Crippen LogP contribution is 2.32. The molecule has 0 bridgehead atoms. The van der Waals surface area contributed by atoms with Crippen LogP contribution in [-0.2, 0) is 19.5 Å². The van der Waals surface area contributed by atoms with Gasteiger partial charge in [-0.2, -0.15) is 0 Å². The molecule has 78 valence electrons. The molecule has 0 spiro atoms. The number of thiophene rings is 1. The van der Waals surface area contributed by atoms with Gasteiger partial charge in [0.1, 0.15) is 4.90 Å². The number of ether oxygens (including phenoxy) is 2. The third-order valence-corrected chi connectivity index (χ3v) is 3.84. The van der Waals surface area contributed by atoms with Gasteiger partial charge in [-0.3, -0.25) is 0 Å². The molecule has 14 heavy (non-hydrogen) atoms. The second-order valence-electron chi connectivity index (χ2n) is 2.77. The van der Waals surface area contributed by atoms with E-state index in [0.717, 1.165) is 0 Å². The summed E-state index contributed by atoms with van der Waals surface area (Å²) in [6.07, 6.45) is -0.580. The SMILES string of the molecule is NS(=O)(=O)c1ccsc1C1OCCO1. The Hall–Kier alpha value is -0.470. The lowest BCUT2D eigenvalue weighted by atomic mass is 10.4. The third-order valence-electron chi connectivity index (χ3n) is 1.80. The van der Waals surface area contributed by atoms with Crippen molar-refractivity contribution in [1.82, 2.24) is 0 Å². The molecule has 0 amide bonds. The van der Waals surface area contributed by atoms with Crippen molar-refractivity contribution in [3.63, 3.8) is 0 Å². The summed E-state index contributed by atoms with van der Waals surface area (Å²) in [5, 5.41) is 6.69. The molecule has 0 radical (unpaired) electrons. The Bertz CT molecular complexity index is 419. The number of hydrogen-bond acceptors (Lipinski definition) is 5. The van der Waals surface area contributed by atoms with E-state index in [1.54, 1.807) is 5.38 Å². The van der Waals surface area contributed by atoms with Crippen molar-refractivity contribution in [3.8, 4) is 0 Å². The molecule has 1 aliphatic rings. The van der Waals surface area contributed by atoms with Crippen molar-refractivity contribution in [2.24, 2.45) is 5.14 Å². The van der Waals surface area contributed by atoms with Crippen LogP contribution in [0.5, 0.6) is 0 Å². The topological polar surface area (TPSA) is 78.6 Å². The second kappa shape index (κ2) is 3.59. The van der Waals surface area contributed by atoms with Crippen LogP contribution in [0.15, 0.2) is 16.3 Å². The van der Waals surface area contributed by atoms with Gasteiger partial charge in [0.25, 0.3) is 0 Å². The molecule has 0 atom stereocenters. The minimum absolute atomic E-state index is 0.0920. The lowest BCUT2D eigenvalue weighted by Crippen LogP contribution is -2.14. The van der Waals surface area contributed by atoms with Gasteiger partial charge in [-0.1, -0.05) is 0 Å². The summed E-state index contributed by atoms with van der Waals surface area (Å²) in [5.74, 6) is 0. The molecule has 1 aromatic rings. The summed E-state index contributed by atoms with van der Waals surface area (Å²) < 4.78 is 32.7. The van der Waals surface area contributed by atoms with Crippen molar-refractivity contribution in [2.75, 3.05) is 13.2 Å². The van der Waals surface area contributed by atoms with E-state index in [2.05, 4.69) is 0 Å². The molecule has 1 aromatic heterocycles. The van der Waals surface area contributed by atoms with Gasteiger partial charge in [-0.25, -0.2) is 13.6 Å². The Kier molecular flexibility index (Phi) is 2.58. The molecule has 2 rings (SSSR count). The average Bonchev–Trinajstić information content (AvgIpc) is 2.73. The maximum atomic E-state index is 11.1. The highest BCUT2D eigenvalue weighted by atomic mass is 32.2. The first-order valence-electron chi connectivity index (χ1n) is 3.92. The van der Waals surface area contributed by atoms with E-state index in [9.17, 15) is 8.42 Å². The van der Waals surface area contributed by atoms with Crippen LogP contribution in [0.25, 0.3) is 0 Å². The number of rotatable bonds is 2. The van der Waals surface area contributed by atoms with E-state index in [1.807, 2.05) is 0 Å². The Morgan fingerprint density at radius 2 is 2.07 bits per heavy atom. The summed E-state index contributed by atoms with van der Waals surface area (Å²) in [4.78, 5) is 0.611. The summed E-state index contributed by atoms with van der Waals surface area (Å²) in [7, 11) is -3.68. The lowest BCUT2D eigenvalue weighted by Gasteiger charge is -2.08. The summed E-state index contributed by atoms with van der Waals surface area (Å²) in [5.41, 5.74) is 0. The largest absolute Gasteiger partial charge is 0.345 e. The Balaban J connectivity index is 2.39. The number of hydrogen-bond donors (Lipinski definition) is 1. The molecule has 0 saturated carbocycles. The van der Waals surface area contributed by atoms with Crippen LogP contribution >= 0.6 is 11.3 Å². The molecule has 0 aromatic carbocycles. The van der Waals surface area contributed by atoms with Crippen LogP contribution < -0.4 is 5.14 Å². The molecule has 5 nitrogen and oxygen atoms in total. The van der Waals surface area contributed by atoms with E-state index < -0.39 is 16.3 Å². The number of primary sulfonamides is 1. The Labute approximate surface area is 85.5 Å². The van der Waals surface area contributed by atoms with E-state index in [0.29, 0.717) is 18.1 Å². The zero-order valence-electron chi connectivity index (χ0n) is 7.17. The van der Waals surface area contributed by atoms with Gasteiger partial charge in [-0.05, 0) is 11.4 Å². The van der Waals surface area contributed by atoms with Crippen LogP contribution in [0, 0.1) is 0 Å². The molecular formula is C7H9NO4S2. The monoisotopic (exact) mass is 235 g/mol. The predicted molar refractivity (Wildman–Crippen MR) is 50.3 cm³/mol. The normalized spacial score (nSPS) is 18.9. The van der Waals surface area contributed by atoms with Crippen molar-refractivity contribution in [3.05, 3.63) is 16.3 Å². The first-order valence-corrected chi connectivity index (χ1v) is 6.35. The van der Waals surface area contributed by atoms with Crippen LogP contribution in [0.4, 0.5) is 0 Å². The van der Waals surface area contributed by atoms with Crippen LogP contribution in [0.1, 0.15) is 11.2 Å². The summed E-state index contributed by atoms with van der Waals surface area (Å²) in [6.45, 7) is 0.958. The molecule has 1 saturated heterocycles. The fourth-order valence-electron chi connectivity index (χ4n) is 1.23. The van der Waals surface area contributed by atoms with Crippen molar-refractivity contribution < 1.29 is 17.9 Å². The Morgan fingerprint density at radius 3 is 2.64 bits per heavy atom. The van der Waals surface area contributed by atoms with Crippen LogP contribution in [0.2, 0.25) is 0 Å². The average molecular weight is 235 g/mol. The number of sulfonamides is 1. The molecule has 1 aliphatic heterocycles. The van der Waals surface area contributed by atoms with Gasteiger partial charge in [0.2, 0.25) is 10.0 Å². The lowest BCUT2D eigenvalue weighted by molar-refractivity contribution is -0.0431. The van der Waals surface area contributed by atoms with Gasteiger partial charge in [0.05, 0.1) is 18.1 Å². The second-order valence-corrected chi connectivity index (χ2v) is 5.25. The highest BCUT2D eigenvalue weighted by molar-refractivity contribution is 7.89.